The molecule has 0 saturated heterocycles. The van der Waals surface area contributed by atoms with E-state index in [1.165, 1.54) is 0 Å². The molecule has 1 aromatic rings. The van der Waals surface area contributed by atoms with Crippen molar-refractivity contribution < 1.29 is 50.2 Å². The van der Waals surface area contributed by atoms with Crippen molar-refractivity contribution in [3.8, 4) is 0 Å². The summed E-state index contributed by atoms with van der Waals surface area (Å²) >= 11 is 0. The molecule has 0 aromatic heterocycles. The van der Waals surface area contributed by atoms with Crippen molar-refractivity contribution in [1.29, 1.82) is 0 Å². The molecule has 12 heteroatoms. The van der Waals surface area contributed by atoms with Gasteiger partial charge in [-0.15, -0.1) is 0 Å². The van der Waals surface area contributed by atoms with Gasteiger partial charge in [0.2, 0.25) is 0 Å². The average molecular weight is 401 g/mol. The van der Waals surface area contributed by atoms with E-state index in [1.807, 2.05) is 5.32 Å². The van der Waals surface area contributed by atoms with Gasteiger partial charge in [-0.3, -0.25) is 9.59 Å². The maximum absolute atomic E-state index is 12.8. The van der Waals surface area contributed by atoms with Crippen LogP contribution in [0.4, 0.5) is 26.3 Å². The minimum atomic E-state index is -5.15. The zero-order chi connectivity index (χ0) is 21.0. The molecule has 0 aliphatic rings. The van der Waals surface area contributed by atoms with Crippen molar-refractivity contribution in [2.75, 3.05) is 14.2 Å². The van der Waals surface area contributed by atoms with Gasteiger partial charge >= 0.3 is 24.3 Å². The maximum atomic E-state index is 12.8. The van der Waals surface area contributed by atoms with Crippen LogP contribution in [-0.2, 0) is 31.4 Å². The molecular weight excluding hydrogens is 388 g/mol. The van der Waals surface area contributed by atoms with Gasteiger partial charge in [0.05, 0.1) is 31.8 Å². The molecule has 0 fully saturated rings. The highest BCUT2D eigenvalue weighted by atomic mass is 19.4. The fourth-order valence-corrected chi connectivity index (χ4v) is 1.91. The molecule has 1 atom stereocenters. The van der Waals surface area contributed by atoms with Crippen LogP contribution in [0.3, 0.4) is 0 Å². The Balaban J connectivity index is 3.27. The smallest absolute Gasteiger partial charge is 0.416 e. The molecule has 0 radical (unpaired) electrons. The second kappa shape index (κ2) is 8.27. The van der Waals surface area contributed by atoms with Crippen LogP contribution in [0.1, 0.15) is 27.9 Å². The number of hydrogen-bond acceptors (Lipinski definition) is 5. The molecule has 0 heterocycles. The van der Waals surface area contributed by atoms with Crippen LogP contribution < -0.4 is 5.32 Å². The van der Waals surface area contributed by atoms with Gasteiger partial charge in [0, 0.05) is 5.56 Å². The molecule has 0 unspecified atom stereocenters. The van der Waals surface area contributed by atoms with Crippen LogP contribution in [-0.4, -0.2) is 38.1 Å². The number of ether oxygens (including phenoxy) is 2. The monoisotopic (exact) mass is 401 g/mol. The maximum Gasteiger partial charge on any atom is 0.416 e. The molecular formula is C15H13F6NO5. The lowest BCUT2D eigenvalue weighted by Gasteiger charge is -2.17. The third-order valence-electron chi connectivity index (χ3n) is 3.24. The third kappa shape index (κ3) is 6.15. The van der Waals surface area contributed by atoms with Crippen molar-refractivity contribution in [2.45, 2.75) is 24.8 Å². The highest BCUT2D eigenvalue weighted by molar-refractivity contribution is 5.98. The molecule has 1 amide bonds. The Kier molecular flexibility index (Phi) is 6.81. The first-order valence-electron chi connectivity index (χ1n) is 7.04. The molecule has 0 spiro atoms. The van der Waals surface area contributed by atoms with Crippen LogP contribution in [0.2, 0.25) is 0 Å². The summed E-state index contributed by atoms with van der Waals surface area (Å²) in [7, 11) is 1.88. The van der Waals surface area contributed by atoms with E-state index >= 15 is 0 Å². The Morgan fingerprint density at radius 1 is 0.926 bits per heavy atom. The topological polar surface area (TPSA) is 81.7 Å². The summed E-state index contributed by atoms with van der Waals surface area (Å²) in [5.41, 5.74) is -4.41. The third-order valence-corrected chi connectivity index (χ3v) is 3.24. The van der Waals surface area contributed by atoms with Crippen molar-refractivity contribution >= 4 is 17.8 Å². The van der Waals surface area contributed by atoms with E-state index in [4.69, 9.17) is 0 Å². The predicted octanol–water partition coefficient (Wildman–Crippen LogP) is 2.56. The lowest BCUT2D eigenvalue weighted by Crippen LogP contribution is -2.43. The summed E-state index contributed by atoms with van der Waals surface area (Å²) in [5, 5.41) is 1.86. The van der Waals surface area contributed by atoms with E-state index in [9.17, 15) is 40.7 Å². The lowest BCUT2D eigenvalue weighted by molar-refractivity contribution is -0.149. The van der Waals surface area contributed by atoms with Crippen molar-refractivity contribution in [2.24, 2.45) is 0 Å². The van der Waals surface area contributed by atoms with Gasteiger partial charge in [0.25, 0.3) is 5.91 Å². The normalized spacial score (nSPS) is 12.9. The SMILES string of the molecule is COC(=O)C[C@@H](NC(=O)c1cc(C(F)(F)F)cc(C(F)(F)F)c1)C(=O)OC. The first-order valence-corrected chi connectivity index (χ1v) is 7.04. The summed E-state index contributed by atoms with van der Waals surface area (Å²) in [4.78, 5) is 34.9. The molecule has 1 aromatic carbocycles. The molecule has 0 aliphatic heterocycles. The molecule has 0 saturated carbocycles. The Bertz CT molecular complexity index is 696. The number of carbonyl (C=O) groups is 3. The first kappa shape index (κ1) is 22.3. The summed E-state index contributed by atoms with van der Waals surface area (Å²) in [6.07, 6.45) is -11.0. The highest BCUT2D eigenvalue weighted by Gasteiger charge is 2.38. The van der Waals surface area contributed by atoms with E-state index in [0.29, 0.717) is 0 Å². The van der Waals surface area contributed by atoms with Gasteiger partial charge < -0.3 is 14.8 Å². The zero-order valence-corrected chi connectivity index (χ0v) is 13.8. The number of rotatable bonds is 5. The number of esters is 2. The largest absolute Gasteiger partial charge is 0.469 e. The van der Waals surface area contributed by atoms with Crippen LogP contribution in [0.25, 0.3) is 0 Å². The molecule has 0 aliphatic carbocycles. The number of amides is 1. The number of carbonyl (C=O) groups excluding carboxylic acids is 3. The molecule has 1 N–H and O–H groups in total. The van der Waals surface area contributed by atoms with Crippen molar-refractivity contribution in [3.05, 3.63) is 34.9 Å². The van der Waals surface area contributed by atoms with Crippen LogP contribution >= 0.6 is 0 Å². The highest BCUT2D eigenvalue weighted by Crippen LogP contribution is 2.36. The number of nitrogens with one attached hydrogen (secondary N) is 1. The van der Waals surface area contributed by atoms with E-state index in [-0.39, 0.29) is 18.2 Å². The number of hydrogen-bond donors (Lipinski definition) is 1. The number of methoxy groups -OCH3 is 2. The van der Waals surface area contributed by atoms with Gasteiger partial charge in [-0.25, -0.2) is 4.79 Å². The molecule has 0 bridgehead atoms. The predicted molar refractivity (Wildman–Crippen MR) is 76.3 cm³/mol. The molecule has 1 rings (SSSR count). The minimum absolute atomic E-state index is 0.150. The zero-order valence-electron chi connectivity index (χ0n) is 13.8. The lowest BCUT2D eigenvalue weighted by atomic mass is 10.0. The van der Waals surface area contributed by atoms with Gasteiger partial charge in [0.15, 0.2) is 0 Å². The summed E-state index contributed by atoms with van der Waals surface area (Å²) in [6.45, 7) is 0. The Morgan fingerprint density at radius 3 is 1.78 bits per heavy atom. The van der Waals surface area contributed by atoms with Crippen LogP contribution in [0, 0.1) is 0 Å². The van der Waals surface area contributed by atoms with Crippen LogP contribution in [0.15, 0.2) is 18.2 Å². The Morgan fingerprint density at radius 2 is 1.41 bits per heavy atom. The van der Waals surface area contributed by atoms with Crippen molar-refractivity contribution in [3.63, 3.8) is 0 Å². The standard InChI is InChI=1S/C15H13F6NO5/c1-26-11(23)6-10(13(25)27-2)22-12(24)7-3-8(14(16,17)18)5-9(4-7)15(19,20)21/h3-5,10H,6H2,1-2H3,(H,22,24)/t10-/m1/s1. The van der Waals surface area contributed by atoms with Gasteiger partial charge in [-0.05, 0) is 18.2 Å². The van der Waals surface area contributed by atoms with Crippen molar-refractivity contribution in [1.82, 2.24) is 5.32 Å². The Hall–Kier alpha value is -2.79. The van der Waals surface area contributed by atoms with E-state index in [0.717, 1.165) is 14.2 Å². The number of halogens is 6. The van der Waals surface area contributed by atoms with E-state index in [2.05, 4.69) is 9.47 Å². The van der Waals surface area contributed by atoms with E-state index < -0.39 is 59.4 Å². The van der Waals surface area contributed by atoms with Gasteiger partial charge in [-0.1, -0.05) is 0 Å². The second-order valence-corrected chi connectivity index (χ2v) is 5.12. The number of benzene rings is 1. The first-order chi connectivity index (χ1) is 12.3. The Labute approximate surface area is 148 Å². The summed E-state index contributed by atoms with van der Waals surface area (Å²) < 4.78 is 85.6. The molecule has 27 heavy (non-hydrogen) atoms. The van der Waals surface area contributed by atoms with E-state index in [1.54, 1.807) is 0 Å². The fraction of sp³-hybridized carbons (Fsp3) is 0.400. The van der Waals surface area contributed by atoms with Gasteiger partial charge in [0.1, 0.15) is 6.04 Å². The average Bonchev–Trinajstić information content (AvgIpc) is 2.58. The summed E-state index contributed by atoms with van der Waals surface area (Å²) in [5.74, 6) is -3.55. The molecule has 6 nitrogen and oxygen atoms in total. The number of alkyl halides is 6. The molecule has 150 valence electrons. The van der Waals surface area contributed by atoms with Crippen LogP contribution in [0.5, 0.6) is 0 Å². The quantitative estimate of drug-likeness (QED) is 0.606. The fourth-order valence-electron chi connectivity index (χ4n) is 1.91. The second-order valence-electron chi connectivity index (χ2n) is 5.12. The van der Waals surface area contributed by atoms with Gasteiger partial charge in [-0.2, -0.15) is 26.3 Å². The summed E-state index contributed by atoms with van der Waals surface area (Å²) in [6, 6.07) is -1.43. The minimum Gasteiger partial charge on any atom is -0.469 e.